The van der Waals surface area contributed by atoms with Crippen LogP contribution in [0, 0.1) is 0 Å². The lowest BCUT2D eigenvalue weighted by Gasteiger charge is -2.18. The van der Waals surface area contributed by atoms with E-state index in [1.165, 1.54) is 62.7 Å². The largest absolute Gasteiger partial charge is 0.492 e. The van der Waals surface area contributed by atoms with Gasteiger partial charge in [0.15, 0.2) is 0 Å². The van der Waals surface area contributed by atoms with E-state index in [-0.39, 0.29) is 0 Å². The van der Waals surface area contributed by atoms with Gasteiger partial charge in [0.2, 0.25) is 0 Å². The third-order valence-corrected chi connectivity index (χ3v) is 4.19. The van der Waals surface area contributed by atoms with Crippen LogP contribution in [0.3, 0.4) is 0 Å². The molecule has 0 bridgehead atoms. The molecule has 18 heavy (non-hydrogen) atoms. The van der Waals surface area contributed by atoms with Gasteiger partial charge in [0.1, 0.15) is 12.4 Å². The minimum atomic E-state index is 0.832. The Balaban J connectivity index is 1.52. The van der Waals surface area contributed by atoms with Gasteiger partial charge in [-0.25, -0.2) is 0 Å². The minimum absolute atomic E-state index is 0.832. The highest BCUT2D eigenvalue weighted by molar-refractivity contribution is 5.37. The Morgan fingerprint density at radius 1 is 0.944 bits per heavy atom. The lowest BCUT2D eigenvalue weighted by molar-refractivity contribution is 0.237. The maximum absolute atomic E-state index is 5.89. The maximum atomic E-state index is 5.89. The van der Waals surface area contributed by atoms with E-state index in [0.29, 0.717) is 0 Å². The predicted molar refractivity (Wildman–Crippen MR) is 74.3 cm³/mol. The molecule has 98 valence electrons. The van der Waals surface area contributed by atoms with Gasteiger partial charge in [-0.3, -0.25) is 4.90 Å². The number of ether oxygens (including phenoxy) is 1. The van der Waals surface area contributed by atoms with Crippen LogP contribution < -0.4 is 4.74 Å². The Morgan fingerprint density at radius 2 is 1.72 bits per heavy atom. The molecular weight excluding hydrogens is 222 g/mol. The molecular formula is C16H23NO. The number of benzene rings is 1. The normalized spacial score (nSPS) is 19.8. The van der Waals surface area contributed by atoms with Gasteiger partial charge in [-0.15, -0.1) is 0 Å². The van der Waals surface area contributed by atoms with Gasteiger partial charge in [-0.2, -0.15) is 0 Å². The molecule has 0 radical (unpaired) electrons. The van der Waals surface area contributed by atoms with Gasteiger partial charge >= 0.3 is 0 Å². The first-order chi connectivity index (χ1) is 8.92. The quantitative estimate of drug-likeness (QED) is 0.808. The van der Waals surface area contributed by atoms with Crippen molar-refractivity contribution in [2.45, 2.75) is 38.5 Å². The molecule has 1 aliphatic heterocycles. The van der Waals surface area contributed by atoms with Crippen LogP contribution in [0.5, 0.6) is 5.75 Å². The van der Waals surface area contributed by atoms with Crippen molar-refractivity contribution in [1.29, 1.82) is 0 Å². The maximum Gasteiger partial charge on any atom is 0.119 e. The molecule has 1 aliphatic carbocycles. The zero-order valence-corrected chi connectivity index (χ0v) is 11.2. The molecule has 0 amide bonds. The highest BCUT2D eigenvalue weighted by atomic mass is 16.5. The van der Waals surface area contributed by atoms with Crippen molar-refractivity contribution >= 4 is 0 Å². The lowest BCUT2D eigenvalue weighted by atomic mass is 9.92. The molecule has 1 fully saturated rings. The fraction of sp³-hybridized carbons (Fsp3) is 0.625. The molecule has 1 aromatic rings. The van der Waals surface area contributed by atoms with E-state index in [1.54, 1.807) is 0 Å². The Morgan fingerprint density at radius 3 is 2.56 bits per heavy atom. The van der Waals surface area contributed by atoms with Crippen molar-refractivity contribution in [3.8, 4) is 5.75 Å². The lowest BCUT2D eigenvalue weighted by Crippen LogP contribution is -2.25. The van der Waals surface area contributed by atoms with Gasteiger partial charge in [0.05, 0.1) is 0 Å². The summed E-state index contributed by atoms with van der Waals surface area (Å²) in [6.07, 6.45) is 7.89. The fourth-order valence-corrected chi connectivity index (χ4v) is 3.10. The molecule has 0 atom stereocenters. The molecule has 0 unspecified atom stereocenters. The van der Waals surface area contributed by atoms with Crippen molar-refractivity contribution in [3.05, 3.63) is 29.3 Å². The topological polar surface area (TPSA) is 12.5 Å². The van der Waals surface area contributed by atoms with Gasteiger partial charge in [-0.05, 0) is 74.9 Å². The summed E-state index contributed by atoms with van der Waals surface area (Å²) in [6.45, 7) is 4.43. The van der Waals surface area contributed by atoms with E-state index >= 15 is 0 Å². The fourth-order valence-electron chi connectivity index (χ4n) is 3.10. The summed E-state index contributed by atoms with van der Waals surface area (Å²) in [4.78, 5) is 2.50. The first-order valence-electron chi connectivity index (χ1n) is 7.39. The van der Waals surface area contributed by atoms with Gasteiger partial charge in [0.25, 0.3) is 0 Å². The second-order valence-electron chi connectivity index (χ2n) is 5.53. The molecule has 0 N–H and O–H groups in total. The average molecular weight is 245 g/mol. The number of likely N-dealkylation sites (tertiary alicyclic amines) is 1. The Hall–Kier alpha value is -1.02. The van der Waals surface area contributed by atoms with Crippen molar-refractivity contribution in [3.63, 3.8) is 0 Å². The van der Waals surface area contributed by atoms with Crippen LogP contribution in [0.2, 0.25) is 0 Å². The molecule has 1 aromatic carbocycles. The highest BCUT2D eigenvalue weighted by Crippen LogP contribution is 2.25. The second kappa shape index (κ2) is 5.75. The molecule has 2 aliphatic rings. The van der Waals surface area contributed by atoms with Crippen molar-refractivity contribution < 1.29 is 4.74 Å². The summed E-state index contributed by atoms with van der Waals surface area (Å²) in [7, 11) is 0. The Bertz CT molecular complexity index is 396. The third kappa shape index (κ3) is 2.86. The molecule has 3 rings (SSSR count). The molecule has 2 nitrogen and oxygen atoms in total. The Labute approximate surface area is 110 Å². The molecule has 1 heterocycles. The van der Waals surface area contributed by atoms with E-state index < -0.39 is 0 Å². The summed E-state index contributed by atoms with van der Waals surface area (Å²) in [5.41, 5.74) is 3.05. The minimum Gasteiger partial charge on any atom is -0.492 e. The number of hydrogen-bond acceptors (Lipinski definition) is 2. The summed E-state index contributed by atoms with van der Waals surface area (Å²) < 4.78 is 5.89. The van der Waals surface area contributed by atoms with Crippen LogP contribution in [0.4, 0.5) is 0 Å². The van der Waals surface area contributed by atoms with Crippen LogP contribution in [-0.2, 0) is 12.8 Å². The van der Waals surface area contributed by atoms with Crippen molar-refractivity contribution in [2.75, 3.05) is 26.2 Å². The Kier molecular flexibility index (Phi) is 3.84. The average Bonchev–Trinajstić information content (AvgIpc) is 2.92. The molecule has 2 heteroatoms. The molecule has 0 saturated carbocycles. The number of rotatable bonds is 4. The van der Waals surface area contributed by atoms with E-state index in [9.17, 15) is 0 Å². The van der Waals surface area contributed by atoms with Crippen LogP contribution in [0.25, 0.3) is 0 Å². The zero-order valence-electron chi connectivity index (χ0n) is 11.2. The predicted octanol–water partition coefficient (Wildman–Crippen LogP) is 3.04. The van der Waals surface area contributed by atoms with E-state index in [4.69, 9.17) is 4.74 Å². The molecule has 0 aromatic heterocycles. The van der Waals surface area contributed by atoms with E-state index in [1.807, 2.05) is 0 Å². The van der Waals surface area contributed by atoms with E-state index in [2.05, 4.69) is 23.1 Å². The summed E-state index contributed by atoms with van der Waals surface area (Å²) in [5, 5.41) is 0. The number of fused-ring (bicyclic) bond motifs is 1. The molecule has 0 spiro atoms. The van der Waals surface area contributed by atoms with Crippen LogP contribution in [-0.4, -0.2) is 31.1 Å². The smallest absolute Gasteiger partial charge is 0.119 e. The summed E-state index contributed by atoms with van der Waals surface area (Å²) in [6, 6.07) is 6.67. The zero-order chi connectivity index (χ0) is 12.2. The molecule has 1 saturated heterocycles. The van der Waals surface area contributed by atoms with Gasteiger partial charge in [0, 0.05) is 6.54 Å². The highest BCUT2D eigenvalue weighted by Gasteiger charge is 2.12. The van der Waals surface area contributed by atoms with Crippen LogP contribution in [0.15, 0.2) is 18.2 Å². The first-order valence-corrected chi connectivity index (χ1v) is 7.39. The number of hydrogen-bond donors (Lipinski definition) is 0. The van der Waals surface area contributed by atoms with Crippen LogP contribution in [0.1, 0.15) is 36.8 Å². The first kappa shape index (κ1) is 12.0. The monoisotopic (exact) mass is 245 g/mol. The van der Waals surface area contributed by atoms with Crippen LogP contribution >= 0.6 is 0 Å². The van der Waals surface area contributed by atoms with Crippen molar-refractivity contribution in [1.82, 2.24) is 4.90 Å². The van der Waals surface area contributed by atoms with E-state index in [0.717, 1.165) is 18.9 Å². The standard InChI is InChI=1S/C16H23NO/c1-2-6-15-13-16(8-7-14(15)5-1)18-12-11-17-9-3-4-10-17/h7-8,13H,1-6,9-12H2. The second-order valence-corrected chi connectivity index (χ2v) is 5.53. The van der Waals surface area contributed by atoms with Gasteiger partial charge < -0.3 is 4.74 Å². The summed E-state index contributed by atoms with van der Waals surface area (Å²) in [5.74, 6) is 1.06. The van der Waals surface area contributed by atoms with Gasteiger partial charge in [-0.1, -0.05) is 6.07 Å². The SMILES string of the molecule is c1cc2c(cc1OCCN1CCCC1)CCCC2. The third-order valence-electron chi connectivity index (χ3n) is 4.19. The summed E-state index contributed by atoms with van der Waals surface area (Å²) >= 11 is 0. The van der Waals surface area contributed by atoms with Crippen molar-refractivity contribution in [2.24, 2.45) is 0 Å². The number of aryl methyl sites for hydroxylation is 2. The number of nitrogens with zero attached hydrogens (tertiary/aromatic N) is 1.